The van der Waals surface area contributed by atoms with Gasteiger partial charge < -0.3 is 19.2 Å². The van der Waals surface area contributed by atoms with Crippen LogP contribution in [0.2, 0.25) is 0 Å². The number of para-hydroxylation sites is 1. The zero-order chi connectivity index (χ0) is 21.2. The molecule has 5 rings (SSSR count). The summed E-state index contributed by atoms with van der Waals surface area (Å²) >= 11 is 0. The van der Waals surface area contributed by atoms with E-state index in [2.05, 4.69) is 5.16 Å². The van der Waals surface area contributed by atoms with E-state index in [0.29, 0.717) is 18.0 Å². The highest BCUT2D eigenvalue weighted by molar-refractivity contribution is 6.10. The number of imide groups is 1. The summed E-state index contributed by atoms with van der Waals surface area (Å²) in [4.78, 5) is 34.9. The summed E-state index contributed by atoms with van der Waals surface area (Å²) < 4.78 is 11.1. The minimum Gasteiger partial charge on any atom is -0.493 e. The van der Waals surface area contributed by atoms with Crippen molar-refractivity contribution in [2.75, 3.05) is 41.4 Å². The maximum absolute atomic E-state index is 13.2. The van der Waals surface area contributed by atoms with E-state index >= 15 is 0 Å². The van der Waals surface area contributed by atoms with Gasteiger partial charge >= 0.3 is 0 Å². The van der Waals surface area contributed by atoms with Gasteiger partial charge in [0, 0.05) is 17.4 Å². The van der Waals surface area contributed by atoms with Gasteiger partial charge in [0.1, 0.15) is 6.10 Å². The van der Waals surface area contributed by atoms with Gasteiger partial charge in [-0.05, 0) is 24.5 Å². The van der Waals surface area contributed by atoms with Crippen molar-refractivity contribution in [3.8, 4) is 11.5 Å². The number of methoxy groups -OCH3 is 2. The molecule has 1 saturated heterocycles. The second kappa shape index (κ2) is 6.97. The lowest BCUT2D eigenvalue weighted by Gasteiger charge is -2.30. The molecule has 3 fully saturated rings. The van der Waals surface area contributed by atoms with Crippen LogP contribution in [-0.4, -0.2) is 69.9 Å². The molecule has 0 aromatic heterocycles. The molecule has 1 N–H and O–H groups in total. The summed E-state index contributed by atoms with van der Waals surface area (Å²) in [5, 5.41) is 4.41. The molecule has 1 aromatic rings. The quantitative estimate of drug-likeness (QED) is 0.653. The number of ether oxygens (including phenoxy) is 2. The number of carbonyl (C=O) groups excluding carboxylic acids is 2. The molecule has 2 bridgehead atoms. The fourth-order valence-corrected chi connectivity index (χ4v) is 6.05. The SMILES string of the molecule is COc1cccc(C2=NO[C@@H]3[C@@H]4C[C@@H]([C@H]5C(=O)N(CC[NH+](C)C)C(=O)[C@@H]45)[C@H]23)c1OC. The molecule has 2 saturated carbocycles. The number of rotatable bonds is 6. The number of oxime groups is 1. The number of hydrogen-bond acceptors (Lipinski definition) is 6. The third-order valence-corrected chi connectivity index (χ3v) is 7.30. The van der Waals surface area contributed by atoms with Gasteiger partial charge in [-0.15, -0.1) is 0 Å². The van der Waals surface area contributed by atoms with Crippen LogP contribution in [0, 0.1) is 29.6 Å². The number of nitrogens with zero attached hydrogens (tertiary/aromatic N) is 2. The molecule has 30 heavy (non-hydrogen) atoms. The Labute approximate surface area is 175 Å². The summed E-state index contributed by atoms with van der Waals surface area (Å²) in [5.41, 5.74) is 1.64. The van der Waals surface area contributed by atoms with E-state index < -0.39 is 0 Å². The van der Waals surface area contributed by atoms with Crippen molar-refractivity contribution in [1.82, 2.24) is 4.90 Å². The monoisotopic (exact) mass is 414 g/mol. The predicted octanol–water partition coefficient (Wildman–Crippen LogP) is -0.182. The third-order valence-electron chi connectivity index (χ3n) is 7.30. The maximum Gasteiger partial charge on any atom is 0.233 e. The summed E-state index contributed by atoms with van der Waals surface area (Å²) in [7, 11) is 7.26. The molecule has 2 aliphatic carbocycles. The first-order valence-corrected chi connectivity index (χ1v) is 10.6. The van der Waals surface area contributed by atoms with Gasteiger partial charge in [-0.25, -0.2) is 0 Å². The molecule has 2 aliphatic heterocycles. The van der Waals surface area contributed by atoms with Crippen LogP contribution in [0.5, 0.6) is 11.5 Å². The average Bonchev–Trinajstić information content (AvgIpc) is 3.46. The molecule has 2 amide bonds. The number of quaternary nitrogens is 1. The summed E-state index contributed by atoms with van der Waals surface area (Å²) in [6.07, 6.45) is 0.679. The molecule has 6 atom stereocenters. The third kappa shape index (κ3) is 2.52. The number of fused-ring (bicyclic) bond motifs is 8. The smallest absolute Gasteiger partial charge is 0.233 e. The number of benzene rings is 1. The number of likely N-dealkylation sites (N-methyl/N-ethyl adjacent to an activating group) is 1. The molecule has 0 spiro atoms. The lowest BCUT2D eigenvalue weighted by Crippen LogP contribution is -3.06. The maximum atomic E-state index is 13.2. The second-order valence-corrected chi connectivity index (χ2v) is 9.01. The highest BCUT2D eigenvalue weighted by Gasteiger charge is 2.70. The standard InChI is InChI=1S/C22H27N3O5/c1-24(2)8-9-25-21(26)15-12-10-13(16(15)22(25)27)20-17(12)18(23-30-20)11-6-5-7-14(28-3)19(11)29-4/h5-7,12-13,15-17,20H,8-10H2,1-4H3/p+1/t12-,13+,15+,16-,17+,20+/m0/s1. The van der Waals surface area contributed by atoms with E-state index in [1.807, 2.05) is 32.3 Å². The van der Waals surface area contributed by atoms with Crippen molar-refractivity contribution in [2.24, 2.45) is 34.7 Å². The molecule has 160 valence electrons. The number of carbonyl (C=O) groups is 2. The summed E-state index contributed by atoms with van der Waals surface area (Å²) in [6, 6.07) is 5.69. The first-order valence-electron chi connectivity index (χ1n) is 10.6. The van der Waals surface area contributed by atoms with Gasteiger partial charge in [0.25, 0.3) is 0 Å². The van der Waals surface area contributed by atoms with Crippen LogP contribution in [0.15, 0.2) is 23.4 Å². The van der Waals surface area contributed by atoms with Gasteiger partial charge in [-0.3, -0.25) is 14.5 Å². The molecular formula is C22H28N3O5+. The molecule has 2 heterocycles. The largest absolute Gasteiger partial charge is 0.493 e. The van der Waals surface area contributed by atoms with Crippen LogP contribution in [0.1, 0.15) is 12.0 Å². The molecule has 8 nitrogen and oxygen atoms in total. The van der Waals surface area contributed by atoms with E-state index in [1.54, 1.807) is 14.2 Å². The zero-order valence-electron chi connectivity index (χ0n) is 17.8. The lowest BCUT2D eigenvalue weighted by atomic mass is 9.71. The average molecular weight is 414 g/mol. The minimum absolute atomic E-state index is 0.00608. The summed E-state index contributed by atoms with van der Waals surface area (Å²) in [6.45, 7) is 1.23. The Kier molecular flexibility index (Phi) is 4.50. The van der Waals surface area contributed by atoms with E-state index in [4.69, 9.17) is 14.3 Å². The highest BCUT2D eigenvalue weighted by Crippen LogP contribution is 2.62. The van der Waals surface area contributed by atoms with Crippen molar-refractivity contribution in [3.05, 3.63) is 23.8 Å². The normalized spacial score (nSPS) is 33.6. The van der Waals surface area contributed by atoms with Crippen molar-refractivity contribution in [1.29, 1.82) is 0 Å². The van der Waals surface area contributed by atoms with Gasteiger partial charge in [-0.2, -0.15) is 0 Å². The molecular weight excluding hydrogens is 386 g/mol. The fourth-order valence-electron chi connectivity index (χ4n) is 6.05. The second-order valence-electron chi connectivity index (χ2n) is 9.01. The number of likely N-dealkylation sites (tertiary alicyclic amines) is 1. The Balaban J connectivity index is 1.46. The van der Waals surface area contributed by atoms with Crippen LogP contribution in [0.3, 0.4) is 0 Å². The van der Waals surface area contributed by atoms with E-state index in [0.717, 1.165) is 24.2 Å². The Morgan fingerprint density at radius 2 is 1.83 bits per heavy atom. The Bertz CT molecular complexity index is 929. The Hall–Kier alpha value is -2.61. The van der Waals surface area contributed by atoms with Gasteiger partial charge in [-0.1, -0.05) is 11.2 Å². The Morgan fingerprint density at radius 1 is 1.10 bits per heavy atom. The molecule has 4 aliphatic rings. The van der Waals surface area contributed by atoms with Crippen molar-refractivity contribution < 1.29 is 28.8 Å². The van der Waals surface area contributed by atoms with E-state index in [9.17, 15) is 9.59 Å². The van der Waals surface area contributed by atoms with Crippen LogP contribution in [-0.2, 0) is 14.4 Å². The van der Waals surface area contributed by atoms with E-state index in [1.165, 1.54) is 9.80 Å². The van der Waals surface area contributed by atoms with Crippen LogP contribution >= 0.6 is 0 Å². The van der Waals surface area contributed by atoms with Gasteiger partial charge in [0.2, 0.25) is 11.8 Å². The summed E-state index contributed by atoms with van der Waals surface area (Å²) in [5.74, 6) is 0.791. The van der Waals surface area contributed by atoms with Gasteiger partial charge in [0.05, 0.1) is 59.0 Å². The molecule has 0 unspecified atom stereocenters. The van der Waals surface area contributed by atoms with Crippen molar-refractivity contribution in [2.45, 2.75) is 12.5 Å². The highest BCUT2D eigenvalue weighted by atomic mass is 16.6. The van der Waals surface area contributed by atoms with E-state index in [-0.39, 0.29) is 47.5 Å². The molecule has 1 aromatic carbocycles. The van der Waals surface area contributed by atoms with Crippen LogP contribution < -0.4 is 14.4 Å². The van der Waals surface area contributed by atoms with Crippen molar-refractivity contribution in [3.63, 3.8) is 0 Å². The first-order chi connectivity index (χ1) is 14.5. The first kappa shape index (κ1) is 19.4. The Morgan fingerprint density at radius 3 is 2.50 bits per heavy atom. The van der Waals surface area contributed by atoms with Gasteiger partial charge in [0.15, 0.2) is 11.5 Å². The number of amides is 2. The van der Waals surface area contributed by atoms with Crippen molar-refractivity contribution >= 4 is 17.5 Å². The predicted molar refractivity (Wildman–Crippen MR) is 107 cm³/mol. The number of hydrogen-bond donors (Lipinski definition) is 1. The number of nitrogens with one attached hydrogen (secondary N) is 1. The minimum atomic E-state index is -0.261. The fraction of sp³-hybridized carbons (Fsp3) is 0.591. The lowest BCUT2D eigenvalue weighted by molar-refractivity contribution is -0.857. The zero-order valence-corrected chi connectivity index (χ0v) is 17.8. The molecule has 0 radical (unpaired) electrons. The topological polar surface area (TPSA) is 81.9 Å². The molecule has 8 heteroatoms. The van der Waals surface area contributed by atoms with Crippen LogP contribution in [0.25, 0.3) is 0 Å². The van der Waals surface area contributed by atoms with Crippen LogP contribution in [0.4, 0.5) is 0 Å².